The van der Waals surface area contributed by atoms with Gasteiger partial charge in [-0.3, -0.25) is 14.2 Å². The summed E-state index contributed by atoms with van der Waals surface area (Å²) < 4.78 is 16.2. The van der Waals surface area contributed by atoms with E-state index in [1.165, 1.54) is 4.57 Å². The number of fused-ring (bicyclic) bond motifs is 1. The Balaban J connectivity index is 2.10. The number of aryl methyl sites for hydroxylation is 1. The molecule has 1 heterocycles. The molecule has 1 aromatic carbocycles. The number of hydrogen-bond acceptors (Lipinski definition) is 3. The molecule has 2 aromatic rings. The Kier molecular flexibility index (Phi) is 4.67. The highest BCUT2D eigenvalue weighted by molar-refractivity contribution is 9.10. The number of hydrogen-bond donors (Lipinski definition) is 0. The van der Waals surface area contributed by atoms with E-state index in [2.05, 4.69) is 20.9 Å². The van der Waals surface area contributed by atoms with Crippen molar-refractivity contribution in [3.8, 4) is 0 Å². The predicted molar refractivity (Wildman–Crippen MR) is 92.8 cm³/mol. The molecule has 0 spiro atoms. The molecule has 0 bridgehead atoms. The van der Waals surface area contributed by atoms with Crippen molar-refractivity contribution in [1.29, 1.82) is 0 Å². The number of aromatic nitrogens is 2. The normalized spacial score (nSPS) is 17.2. The molecule has 0 radical (unpaired) electrons. The van der Waals surface area contributed by atoms with Crippen molar-refractivity contribution >= 4 is 21.7 Å². The van der Waals surface area contributed by atoms with Gasteiger partial charge in [0.15, 0.2) is 0 Å². The monoisotopic (exact) mass is 392 g/mol. The van der Waals surface area contributed by atoms with Crippen LogP contribution in [-0.4, -0.2) is 15.3 Å². The lowest BCUT2D eigenvalue weighted by Gasteiger charge is -2.24. The van der Waals surface area contributed by atoms with Crippen molar-refractivity contribution in [3.05, 3.63) is 62.0 Å². The lowest BCUT2D eigenvalue weighted by Crippen LogP contribution is -2.35. The summed E-state index contributed by atoms with van der Waals surface area (Å²) >= 11 is 3.16. The number of benzene rings is 1. The van der Waals surface area contributed by atoms with E-state index < -0.39 is 5.92 Å². The van der Waals surface area contributed by atoms with Crippen molar-refractivity contribution in [2.24, 2.45) is 0 Å². The number of ketones is 1. The number of carbonyl (C=O) groups is 1. The highest BCUT2D eigenvalue weighted by Gasteiger charge is 2.33. The molecule has 1 aliphatic rings. The summed E-state index contributed by atoms with van der Waals surface area (Å²) in [6, 6.07) is 4.95. The molecule has 0 aliphatic heterocycles. The molecule has 6 heteroatoms. The second-order valence-electron chi connectivity index (χ2n) is 6.35. The molecule has 1 aliphatic carbocycles. The topological polar surface area (TPSA) is 52.0 Å². The van der Waals surface area contributed by atoms with Gasteiger partial charge in [-0.15, -0.1) is 0 Å². The van der Waals surface area contributed by atoms with Crippen LogP contribution in [0, 0.1) is 5.82 Å². The van der Waals surface area contributed by atoms with Crippen LogP contribution in [0.4, 0.5) is 4.39 Å². The summed E-state index contributed by atoms with van der Waals surface area (Å²) in [5.41, 5.74) is 1.33. The van der Waals surface area contributed by atoms with Gasteiger partial charge >= 0.3 is 0 Å². The molecule has 1 unspecified atom stereocenters. The zero-order valence-electron chi connectivity index (χ0n) is 13.6. The predicted octanol–water partition coefficient (Wildman–Crippen LogP) is 3.57. The zero-order chi connectivity index (χ0) is 17.4. The first-order valence-electron chi connectivity index (χ1n) is 7.95. The minimum atomic E-state index is -0.635. The van der Waals surface area contributed by atoms with Gasteiger partial charge in [0, 0.05) is 18.0 Å². The Morgan fingerprint density at radius 2 is 2.08 bits per heavy atom. The van der Waals surface area contributed by atoms with Gasteiger partial charge in [0.25, 0.3) is 5.56 Å². The number of Topliss-reactive ketones (excluding diaryl/α,β-unsaturated/α-hetero) is 1. The molecular formula is C18H18BrFN2O2. The van der Waals surface area contributed by atoms with Crippen LogP contribution in [0.1, 0.15) is 49.0 Å². The average molecular weight is 393 g/mol. The summed E-state index contributed by atoms with van der Waals surface area (Å²) in [5.74, 6) is -1.04. The second kappa shape index (κ2) is 6.59. The van der Waals surface area contributed by atoms with Gasteiger partial charge in [0.2, 0.25) is 0 Å². The minimum Gasteiger partial charge on any atom is -0.299 e. The van der Waals surface area contributed by atoms with Gasteiger partial charge < -0.3 is 0 Å². The van der Waals surface area contributed by atoms with Crippen LogP contribution in [0.5, 0.6) is 0 Å². The lowest BCUT2D eigenvalue weighted by molar-refractivity contribution is -0.121. The van der Waals surface area contributed by atoms with Crippen LogP contribution < -0.4 is 5.56 Å². The highest BCUT2D eigenvalue weighted by Crippen LogP contribution is 2.30. The minimum absolute atomic E-state index is 0.0257. The maximum atomic E-state index is 14.3. The van der Waals surface area contributed by atoms with Crippen molar-refractivity contribution in [2.45, 2.75) is 45.1 Å². The van der Waals surface area contributed by atoms with Gasteiger partial charge in [0.05, 0.1) is 22.4 Å². The van der Waals surface area contributed by atoms with E-state index >= 15 is 0 Å². The highest BCUT2D eigenvalue weighted by atomic mass is 79.9. The molecule has 1 aromatic heterocycles. The zero-order valence-corrected chi connectivity index (χ0v) is 15.1. The number of carbonyl (C=O) groups excluding carboxylic acids is 1. The first kappa shape index (κ1) is 17.0. The summed E-state index contributed by atoms with van der Waals surface area (Å²) in [7, 11) is 0. The third-order valence-electron chi connectivity index (χ3n) is 4.47. The number of nitrogens with zero attached hydrogens (tertiary/aromatic N) is 2. The molecule has 0 amide bonds. The average Bonchev–Trinajstić information content (AvgIpc) is 2.54. The summed E-state index contributed by atoms with van der Waals surface area (Å²) in [4.78, 5) is 29.7. The Morgan fingerprint density at radius 3 is 2.79 bits per heavy atom. The Labute approximate surface area is 147 Å². The molecule has 1 atom stereocenters. The fraction of sp³-hybridized carbons (Fsp3) is 0.389. The van der Waals surface area contributed by atoms with Crippen molar-refractivity contribution < 1.29 is 9.18 Å². The van der Waals surface area contributed by atoms with Crippen molar-refractivity contribution in [2.75, 3.05) is 0 Å². The number of halogens is 2. The maximum Gasteiger partial charge on any atom is 0.257 e. The van der Waals surface area contributed by atoms with E-state index in [1.54, 1.807) is 24.5 Å². The quantitative estimate of drug-likeness (QED) is 0.801. The van der Waals surface area contributed by atoms with Gasteiger partial charge in [-0.2, -0.15) is 0 Å². The fourth-order valence-corrected chi connectivity index (χ4v) is 3.56. The van der Waals surface area contributed by atoms with Crippen molar-refractivity contribution in [1.82, 2.24) is 9.55 Å². The van der Waals surface area contributed by atoms with Crippen LogP contribution in [0.15, 0.2) is 33.8 Å². The second-order valence-corrected chi connectivity index (χ2v) is 7.20. The van der Waals surface area contributed by atoms with E-state index in [1.807, 2.05) is 13.8 Å². The van der Waals surface area contributed by atoms with E-state index in [0.717, 1.165) is 0 Å². The standard InChI is InChI=1S/C18H18BrFN2O2/c1-10(2)22-9-21-14-6-7-15(23)12(16(14)18(22)24)8-11-4-3-5-13(19)17(11)20/h3-5,9-10,12H,6-8H2,1-2H3. The Bertz CT molecular complexity index is 861. The molecule has 126 valence electrons. The van der Waals surface area contributed by atoms with Crippen molar-refractivity contribution in [3.63, 3.8) is 0 Å². The SMILES string of the molecule is CC(C)n1cnc2c(c1=O)C(Cc1cccc(Br)c1F)C(=O)CC2. The molecular weight excluding hydrogens is 375 g/mol. The summed E-state index contributed by atoms with van der Waals surface area (Å²) in [5, 5.41) is 0. The van der Waals surface area contributed by atoms with Gasteiger partial charge in [-0.1, -0.05) is 12.1 Å². The lowest BCUT2D eigenvalue weighted by atomic mass is 9.81. The van der Waals surface area contributed by atoms with Crippen LogP contribution in [-0.2, 0) is 17.6 Å². The van der Waals surface area contributed by atoms with Crippen LogP contribution >= 0.6 is 15.9 Å². The molecule has 4 nitrogen and oxygen atoms in total. The molecule has 0 N–H and O–H groups in total. The first-order valence-corrected chi connectivity index (χ1v) is 8.75. The van der Waals surface area contributed by atoms with E-state index in [4.69, 9.17) is 0 Å². The molecule has 0 saturated carbocycles. The Morgan fingerprint density at radius 1 is 1.33 bits per heavy atom. The van der Waals surface area contributed by atoms with Crippen LogP contribution in [0.2, 0.25) is 0 Å². The molecule has 0 saturated heterocycles. The third-order valence-corrected chi connectivity index (χ3v) is 5.08. The maximum absolute atomic E-state index is 14.3. The summed E-state index contributed by atoms with van der Waals surface area (Å²) in [6.07, 6.45) is 2.53. The summed E-state index contributed by atoms with van der Waals surface area (Å²) in [6.45, 7) is 3.78. The van der Waals surface area contributed by atoms with E-state index in [-0.39, 0.29) is 29.6 Å². The van der Waals surface area contributed by atoms with E-state index in [9.17, 15) is 14.0 Å². The molecule has 0 fully saturated rings. The van der Waals surface area contributed by atoms with Gasteiger partial charge in [-0.25, -0.2) is 9.37 Å². The van der Waals surface area contributed by atoms with Gasteiger partial charge in [-0.05, 0) is 54.2 Å². The number of rotatable bonds is 3. The smallest absolute Gasteiger partial charge is 0.257 e. The largest absolute Gasteiger partial charge is 0.299 e. The third kappa shape index (κ3) is 2.95. The molecule has 3 rings (SSSR count). The van der Waals surface area contributed by atoms with Crippen LogP contribution in [0.25, 0.3) is 0 Å². The Hall–Kier alpha value is -1.82. The van der Waals surface area contributed by atoms with E-state index in [0.29, 0.717) is 34.1 Å². The molecule has 24 heavy (non-hydrogen) atoms. The van der Waals surface area contributed by atoms with Gasteiger partial charge in [0.1, 0.15) is 11.6 Å². The van der Waals surface area contributed by atoms with Crippen LogP contribution in [0.3, 0.4) is 0 Å². The first-order chi connectivity index (χ1) is 11.4. The fourth-order valence-electron chi connectivity index (χ4n) is 3.15.